The summed E-state index contributed by atoms with van der Waals surface area (Å²) >= 11 is 3.21. The number of carbonyl (C=O) groups excluding carboxylic acids is 2. The first-order valence-electron chi connectivity index (χ1n) is 8.41. The highest BCUT2D eigenvalue weighted by Crippen LogP contribution is 2.29. The van der Waals surface area contributed by atoms with Gasteiger partial charge in [0.25, 0.3) is 11.8 Å². The molecule has 0 unspecified atom stereocenters. The van der Waals surface area contributed by atoms with Gasteiger partial charge in [-0.3, -0.25) is 9.59 Å². The maximum Gasteiger partial charge on any atom is 0.416 e. The van der Waals surface area contributed by atoms with Crippen molar-refractivity contribution in [3.8, 4) is 5.75 Å². The summed E-state index contributed by atoms with van der Waals surface area (Å²) in [6.45, 7) is 1.03. The zero-order chi connectivity index (χ0) is 20.5. The van der Waals surface area contributed by atoms with Crippen LogP contribution in [0.4, 0.5) is 13.2 Å². The number of benzene rings is 2. The average molecular weight is 457 g/mol. The summed E-state index contributed by atoms with van der Waals surface area (Å²) in [5, 5.41) is 9.94. The lowest BCUT2D eigenvalue weighted by molar-refractivity contribution is -0.137. The Morgan fingerprint density at radius 1 is 0.893 bits per heavy atom. The summed E-state index contributed by atoms with van der Waals surface area (Å²) in [6, 6.07) is 8.66. The van der Waals surface area contributed by atoms with E-state index in [4.69, 9.17) is 0 Å². The zero-order valence-corrected chi connectivity index (χ0v) is 16.1. The second-order valence-electron chi connectivity index (χ2n) is 6.32. The molecule has 1 aliphatic rings. The van der Waals surface area contributed by atoms with Gasteiger partial charge in [0.2, 0.25) is 0 Å². The molecule has 0 bridgehead atoms. The fraction of sp³-hybridized carbons (Fsp3) is 0.263. The maximum atomic E-state index is 12.6. The van der Waals surface area contributed by atoms with Crippen LogP contribution in [0.3, 0.4) is 0 Å². The van der Waals surface area contributed by atoms with Crippen molar-refractivity contribution < 1.29 is 27.9 Å². The number of alkyl halides is 3. The molecule has 3 rings (SSSR count). The molecule has 9 heteroatoms. The Morgan fingerprint density at radius 2 is 1.43 bits per heavy atom. The molecule has 1 aliphatic heterocycles. The summed E-state index contributed by atoms with van der Waals surface area (Å²) in [5.41, 5.74) is -0.474. The van der Waals surface area contributed by atoms with Gasteiger partial charge < -0.3 is 14.9 Å². The predicted octanol–water partition coefficient (Wildman–Crippen LogP) is 3.77. The molecule has 0 radical (unpaired) electrons. The van der Waals surface area contributed by atoms with E-state index in [9.17, 15) is 27.9 Å². The van der Waals surface area contributed by atoms with Crippen molar-refractivity contribution in [3.63, 3.8) is 0 Å². The minimum atomic E-state index is -4.45. The smallest absolute Gasteiger partial charge is 0.416 e. The number of rotatable bonds is 2. The fourth-order valence-electron chi connectivity index (χ4n) is 2.95. The molecular weight excluding hydrogens is 441 g/mol. The van der Waals surface area contributed by atoms with E-state index in [0.29, 0.717) is 4.47 Å². The molecular formula is C19H16BrF3N2O3. The lowest BCUT2D eigenvalue weighted by Gasteiger charge is -2.35. The second-order valence-corrected chi connectivity index (χ2v) is 7.24. The summed E-state index contributed by atoms with van der Waals surface area (Å²) in [6.07, 6.45) is -4.45. The van der Waals surface area contributed by atoms with Crippen molar-refractivity contribution in [2.45, 2.75) is 6.18 Å². The van der Waals surface area contributed by atoms with Crippen molar-refractivity contribution in [2.75, 3.05) is 26.2 Å². The number of hydrogen-bond acceptors (Lipinski definition) is 3. The van der Waals surface area contributed by atoms with Crippen LogP contribution in [0.15, 0.2) is 46.9 Å². The number of aromatic hydroxyl groups is 1. The molecule has 1 heterocycles. The molecule has 1 fully saturated rings. The lowest BCUT2D eigenvalue weighted by Crippen LogP contribution is -2.50. The van der Waals surface area contributed by atoms with Gasteiger partial charge in [-0.05, 0) is 42.5 Å². The third-order valence-electron chi connectivity index (χ3n) is 4.50. The maximum absolute atomic E-state index is 12.6. The molecule has 5 nitrogen and oxygen atoms in total. The zero-order valence-electron chi connectivity index (χ0n) is 14.5. The van der Waals surface area contributed by atoms with Crippen molar-refractivity contribution in [3.05, 3.63) is 63.6 Å². The molecule has 0 saturated carbocycles. The number of phenols is 1. The Hall–Kier alpha value is -2.55. The number of phenolic OH excluding ortho intramolecular Hbond substituents is 1. The van der Waals surface area contributed by atoms with Crippen LogP contribution in [0, 0.1) is 0 Å². The summed E-state index contributed by atoms with van der Waals surface area (Å²) in [7, 11) is 0. The van der Waals surface area contributed by atoms with Gasteiger partial charge in [0.1, 0.15) is 5.75 Å². The van der Waals surface area contributed by atoms with E-state index < -0.39 is 11.7 Å². The number of carbonyl (C=O) groups is 2. The summed E-state index contributed by atoms with van der Waals surface area (Å²) in [4.78, 5) is 28.1. The number of hydrogen-bond donors (Lipinski definition) is 1. The van der Waals surface area contributed by atoms with Gasteiger partial charge in [0.15, 0.2) is 0 Å². The first kappa shape index (κ1) is 20.2. The van der Waals surface area contributed by atoms with Crippen LogP contribution in [-0.2, 0) is 6.18 Å². The van der Waals surface area contributed by atoms with E-state index in [1.165, 1.54) is 21.9 Å². The van der Waals surface area contributed by atoms with Crippen LogP contribution in [0.5, 0.6) is 5.75 Å². The summed E-state index contributed by atoms with van der Waals surface area (Å²) in [5.74, 6) is -0.860. The van der Waals surface area contributed by atoms with Crippen LogP contribution in [0.1, 0.15) is 26.3 Å². The molecule has 0 atom stereocenters. The first-order valence-corrected chi connectivity index (χ1v) is 9.20. The van der Waals surface area contributed by atoms with Gasteiger partial charge in [0.05, 0.1) is 11.1 Å². The molecule has 1 saturated heterocycles. The standard InChI is InChI=1S/C19H16BrF3N2O3/c20-14-5-6-15(16(26)11-14)18(28)25-9-7-24(8-10-25)17(27)12-1-3-13(4-2-12)19(21,22)23/h1-6,11,26H,7-10H2. The molecule has 0 spiro atoms. The highest BCUT2D eigenvalue weighted by molar-refractivity contribution is 9.10. The largest absolute Gasteiger partial charge is 0.507 e. The van der Waals surface area contributed by atoms with Gasteiger partial charge in [-0.15, -0.1) is 0 Å². The highest BCUT2D eigenvalue weighted by Gasteiger charge is 2.31. The van der Waals surface area contributed by atoms with E-state index in [2.05, 4.69) is 15.9 Å². The fourth-order valence-corrected chi connectivity index (χ4v) is 3.30. The molecule has 1 N–H and O–H groups in total. The monoisotopic (exact) mass is 456 g/mol. The molecule has 148 valence electrons. The SMILES string of the molecule is O=C(c1ccc(C(F)(F)F)cc1)N1CCN(C(=O)c2ccc(Br)cc2O)CC1. The molecule has 0 aliphatic carbocycles. The third-order valence-corrected chi connectivity index (χ3v) is 5.00. The minimum absolute atomic E-state index is 0.136. The minimum Gasteiger partial charge on any atom is -0.507 e. The van der Waals surface area contributed by atoms with E-state index in [-0.39, 0.29) is 54.9 Å². The van der Waals surface area contributed by atoms with Gasteiger partial charge in [-0.25, -0.2) is 0 Å². The first-order chi connectivity index (χ1) is 13.2. The Balaban J connectivity index is 1.63. The van der Waals surface area contributed by atoms with E-state index in [1.54, 1.807) is 6.07 Å². The van der Waals surface area contributed by atoms with Crippen molar-refractivity contribution in [1.82, 2.24) is 9.80 Å². The van der Waals surface area contributed by atoms with Crippen LogP contribution in [0.2, 0.25) is 0 Å². The van der Waals surface area contributed by atoms with Crippen molar-refractivity contribution >= 4 is 27.7 Å². The van der Waals surface area contributed by atoms with Gasteiger partial charge in [0, 0.05) is 36.2 Å². The van der Waals surface area contributed by atoms with Gasteiger partial charge in [-0.2, -0.15) is 13.2 Å². The van der Waals surface area contributed by atoms with Crippen LogP contribution in [0.25, 0.3) is 0 Å². The third kappa shape index (κ3) is 4.30. The number of piperazine rings is 1. The highest BCUT2D eigenvalue weighted by atomic mass is 79.9. The average Bonchev–Trinajstić information content (AvgIpc) is 2.66. The second kappa shape index (κ2) is 7.83. The number of halogens is 4. The normalized spacial score (nSPS) is 14.9. The molecule has 2 amide bonds. The number of nitrogens with zero attached hydrogens (tertiary/aromatic N) is 2. The lowest BCUT2D eigenvalue weighted by atomic mass is 10.1. The van der Waals surface area contributed by atoms with Crippen molar-refractivity contribution in [2.24, 2.45) is 0 Å². The Bertz CT molecular complexity index is 892. The Kier molecular flexibility index (Phi) is 5.64. The topological polar surface area (TPSA) is 60.9 Å². The quantitative estimate of drug-likeness (QED) is 0.747. The van der Waals surface area contributed by atoms with E-state index >= 15 is 0 Å². The van der Waals surface area contributed by atoms with Gasteiger partial charge >= 0.3 is 6.18 Å². The number of amides is 2. The van der Waals surface area contributed by atoms with Crippen LogP contribution in [-0.4, -0.2) is 52.9 Å². The summed E-state index contributed by atoms with van der Waals surface area (Å²) < 4.78 is 38.5. The Labute approximate surface area is 167 Å². The van der Waals surface area contributed by atoms with Crippen LogP contribution >= 0.6 is 15.9 Å². The molecule has 2 aromatic carbocycles. The molecule has 28 heavy (non-hydrogen) atoms. The Morgan fingerprint density at radius 3 is 1.93 bits per heavy atom. The van der Waals surface area contributed by atoms with Crippen LogP contribution < -0.4 is 0 Å². The predicted molar refractivity (Wildman–Crippen MR) is 99.1 cm³/mol. The molecule has 0 aromatic heterocycles. The van der Waals surface area contributed by atoms with E-state index in [0.717, 1.165) is 24.3 Å². The van der Waals surface area contributed by atoms with E-state index in [1.807, 2.05) is 0 Å². The van der Waals surface area contributed by atoms with Crippen molar-refractivity contribution in [1.29, 1.82) is 0 Å². The van der Waals surface area contributed by atoms with Gasteiger partial charge in [-0.1, -0.05) is 15.9 Å². The molecule has 2 aromatic rings.